The van der Waals surface area contributed by atoms with Crippen LogP contribution in [0.15, 0.2) is 0 Å². The standard InChI is InChI=1S/C11H24N2OS/c1-5-6-8(2)13-11(14)10(4)15-9(3)7-12/h8-10H,5-7,12H2,1-4H3,(H,13,14). The van der Waals surface area contributed by atoms with E-state index in [4.69, 9.17) is 5.73 Å². The van der Waals surface area contributed by atoms with Crippen LogP contribution in [0.3, 0.4) is 0 Å². The molecule has 0 spiro atoms. The van der Waals surface area contributed by atoms with Crippen LogP contribution in [0.1, 0.15) is 40.5 Å². The van der Waals surface area contributed by atoms with Crippen LogP contribution in [0, 0.1) is 0 Å². The van der Waals surface area contributed by atoms with Crippen molar-refractivity contribution in [3.8, 4) is 0 Å². The summed E-state index contributed by atoms with van der Waals surface area (Å²) in [7, 11) is 0. The number of hydrogen-bond donors (Lipinski definition) is 2. The van der Waals surface area contributed by atoms with Crippen molar-refractivity contribution in [3.63, 3.8) is 0 Å². The lowest BCUT2D eigenvalue weighted by Crippen LogP contribution is -2.38. The molecule has 3 nitrogen and oxygen atoms in total. The van der Waals surface area contributed by atoms with Gasteiger partial charge in [-0.15, -0.1) is 11.8 Å². The van der Waals surface area contributed by atoms with Gasteiger partial charge in [-0.1, -0.05) is 20.3 Å². The Kier molecular flexibility index (Phi) is 7.88. The number of rotatable bonds is 7. The Balaban J connectivity index is 3.88. The Morgan fingerprint density at radius 3 is 2.47 bits per heavy atom. The molecule has 0 saturated carbocycles. The van der Waals surface area contributed by atoms with Crippen molar-refractivity contribution in [1.82, 2.24) is 5.32 Å². The van der Waals surface area contributed by atoms with Crippen molar-refractivity contribution in [3.05, 3.63) is 0 Å². The molecule has 15 heavy (non-hydrogen) atoms. The largest absolute Gasteiger partial charge is 0.353 e. The van der Waals surface area contributed by atoms with Crippen LogP contribution in [-0.2, 0) is 4.79 Å². The lowest BCUT2D eigenvalue weighted by molar-refractivity contribution is -0.120. The fraction of sp³-hybridized carbons (Fsp3) is 0.909. The fourth-order valence-corrected chi connectivity index (χ4v) is 2.33. The molecule has 0 rings (SSSR count). The minimum atomic E-state index is -0.0112. The molecule has 4 heteroatoms. The van der Waals surface area contributed by atoms with E-state index in [1.807, 2.05) is 20.8 Å². The van der Waals surface area contributed by atoms with Crippen LogP contribution in [0.5, 0.6) is 0 Å². The molecule has 90 valence electrons. The molecule has 3 unspecified atom stereocenters. The van der Waals surface area contributed by atoms with E-state index >= 15 is 0 Å². The van der Waals surface area contributed by atoms with Gasteiger partial charge < -0.3 is 11.1 Å². The minimum absolute atomic E-state index is 0.0112. The predicted molar refractivity (Wildman–Crippen MR) is 68.1 cm³/mol. The summed E-state index contributed by atoms with van der Waals surface area (Å²) in [6.45, 7) is 8.77. The topological polar surface area (TPSA) is 55.1 Å². The van der Waals surface area contributed by atoms with Crippen LogP contribution < -0.4 is 11.1 Å². The van der Waals surface area contributed by atoms with Crippen molar-refractivity contribution in [2.24, 2.45) is 5.73 Å². The highest BCUT2D eigenvalue weighted by Gasteiger charge is 2.17. The average Bonchev–Trinajstić information content (AvgIpc) is 2.17. The molecule has 0 saturated heterocycles. The molecular weight excluding hydrogens is 208 g/mol. The van der Waals surface area contributed by atoms with E-state index in [1.165, 1.54) is 0 Å². The lowest BCUT2D eigenvalue weighted by Gasteiger charge is -2.18. The third kappa shape index (κ3) is 6.79. The molecule has 3 N–H and O–H groups in total. The first-order chi connectivity index (χ1) is 7.01. The number of carbonyl (C=O) groups is 1. The zero-order valence-electron chi connectivity index (χ0n) is 10.2. The third-order valence-electron chi connectivity index (χ3n) is 2.25. The van der Waals surface area contributed by atoms with Gasteiger partial charge in [0.05, 0.1) is 5.25 Å². The first kappa shape index (κ1) is 14.8. The number of thioether (sulfide) groups is 1. The minimum Gasteiger partial charge on any atom is -0.353 e. The summed E-state index contributed by atoms with van der Waals surface area (Å²) in [5, 5.41) is 3.34. The van der Waals surface area contributed by atoms with Gasteiger partial charge in [-0.05, 0) is 20.3 Å². The van der Waals surface area contributed by atoms with Gasteiger partial charge >= 0.3 is 0 Å². The second-order valence-electron chi connectivity index (χ2n) is 4.02. The molecule has 0 aromatic rings. The van der Waals surface area contributed by atoms with Crippen molar-refractivity contribution >= 4 is 17.7 Å². The molecule has 0 aliphatic rings. The zero-order valence-corrected chi connectivity index (χ0v) is 11.1. The molecule has 0 aromatic carbocycles. The van der Waals surface area contributed by atoms with E-state index in [0.717, 1.165) is 12.8 Å². The molecule has 0 aliphatic carbocycles. The van der Waals surface area contributed by atoms with E-state index in [9.17, 15) is 4.79 Å². The number of carbonyl (C=O) groups excluding carboxylic acids is 1. The Bertz CT molecular complexity index is 187. The van der Waals surface area contributed by atoms with Gasteiger partial charge in [-0.2, -0.15) is 0 Å². The lowest BCUT2D eigenvalue weighted by atomic mass is 10.2. The van der Waals surface area contributed by atoms with Gasteiger partial charge in [0.15, 0.2) is 0 Å². The van der Waals surface area contributed by atoms with Crippen LogP contribution >= 0.6 is 11.8 Å². The van der Waals surface area contributed by atoms with E-state index < -0.39 is 0 Å². The van der Waals surface area contributed by atoms with Crippen LogP contribution in [0.2, 0.25) is 0 Å². The third-order valence-corrected chi connectivity index (χ3v) is 3.53. The summed E-state index contributed by atoms with van der Waals surface area (Å²) in [4.78, 5) is 11.7. The molecule has 0 bridgehead atoms. The average molecular weight is 232 g/mol. The summed E-state index contributed by atoms with van der Waals surface area (Å²) in [6, 6.07) is 0.277. The summed E-state index contributed by atoms with van der Waals surface area (Å²) >= 11 is 1.63. The van der Waals surface area contributed by atoms with Gasteiger partial charge in [0.2, 0.25) is 5.91 Å². The molecule has 0 aromatic heterocycles. The SMILES string of the molecule is CCCC(C)NC(=O)C(C)SC(C)CN. The highest BCUT2D eigenvalue weighted by atomic mass is 32.2. The monoisotopic (exact) mass is 232 g/mol. The van der Waals surface area contributed by atoms with Crippen LogP contribution in [-0.4, -0.2) is 29.0 Å². The Labute approximate surface area is 97.6 Å². The Morgan fingerprint density at radius 1 is 1.40 bits per heavy atom. The highest BCUT2D eigenvalue weighted by molar-refractivity contribution is 8.01. The Hall–Kier alpha value is -0.220. The molecular formula is C11H24N2OS. The molecule has 0 heterocycles. The van der Waals surface area contributed by atoms with Crippen LogP contribution in [0.25, 0.3) is 0 Å². The summed E-state index contributed by atoms with van der Waals surface area (Å²) < 4.78 is 0. The number of nitrogens with one attached hydrogen (secondary N) is 1. The van der Waals surface area contributed by atoms with Crippen molar-refractivity contribution in [2.75, 3.05) is 6.54 Å². The first-order valence-corrected chi connectivity index (χ1v) is 6.61. The van der Waals surface area contributed by atoms with Gasteiger partial charge in [-0.25, -0.2) is 0 Å². The molecule has 0 radical (unpaired) electrons. The quantitative estimate of drug-likeness (QED) is 0.703. The smallest absolute Gasteiger partial charge is 0.233 e. The van der Waals surface area contributed by atoms with E-state index in [-0.39, 0.29) is 17.2 Å². The summed E-state index contributed by atoms with van der Waals surface area (Å²) in [6.07, 6.45) is 2.14. The highest BCUT2D eigenvalue weighted by Crippen LogP contribution is 2.16. The first-order valence-electron chi connectivity index (χ1n) is 5.67. The maximum Gasteiger partial charge on any atom is 0.233 e. The van der Waals surface area contributed by atoms with Crippen molar-refractivity contribution in [1.29, 1.82) is 0 Å². The number of amides is 1. The second kappa shape index (κ2) is 7.99. The van der Waals surface area contributed by atoms with Gasteiger partial charge in [0.1, 0.15) is 0 Å². The maximum absolute atomic E-state index is 11.7. The zero-order chi connectivity index (χ0) is 11.8. The summed E-state index contributed by atoms with van der Waals surface area (Å²) in [5.74, 6) is 0.126. The maximum atomic E-state index is 11.7. The summed E-state index contributed by atoms with van der Waals surface area (Å²) in [5.41, 5.74) is 5.52. The number of hydrogen-bond acceptors (Lipinski definition) is 3. The Morgan fingerprint density at radius 2 is 2.00 bits per heavy atom. The van der Waals surface area contributed by atoms with Gasteiger partial charge in [0, 0.05) is 17.8 Å². The van der Waals surface area contributed by atoms with Crippen molar-refractivity contribution < 1.29 is 4.79 Å². The molecule has 0 fully saturated rings. The molecule has 0 aliphatic heterocycles. The predicted octanol–water partition coefficient (Wildman–Crippen LogP) is 1.76. The molecule has 3 atom stereocenters. The van der Waals surface area contributed by atoms with E-state index in [1.54, 1.807) is 11.8 Å². The van der Waals surface area contributed by atoms with E-state index in [0.29, 0.717) is 11.8 Å². The van der Waals surface area contributed by atoms with Crippen molar-refractivity contribution in [2.45, 2.75) is 57.1 Å². The van der Waals surface area contributed by atoms with Crippen LogP contribution in [0.4, 0.5) is 0 Å². The van der Waals surface area contributed by atoms with E-state index in [2.05, 4.69) is 12.2 Å². The number of nitrogens with two attached hydrogens (primary N) is 1. The van der Waals surface area contributed by atoms with Gasteiger partial charge in [-0.3, -0.25) is 4.79 Å². The van der Waals surface area contributed by atoms with Gasteiger partial charge in [0.25, 0.3) is 0 Å². The molecule has 1 amide bonds. The normalized spacial score (nSPS) is 16.9. The fourth-order valence-electron chi connectivity index (χ4n) is 1.33. The second-order valence-corrected chi connectivity index (χ2v) is 5.81.